The van der Waals surface area contributed by atoms with Crippen LogP contribution < -0.4 is 4.90 Å². The van der Waals surface area contributed by atoms with E-state index in [1.807, 2.05) is 44.1 Å². The number of phenols is 1. The van der Waals surface area contributed by atoms with E-state index in [0.29, 0.717) is 5.82 Å². The molecule has 0 unspecified atom stereocenters. The number of fused-ring (bicyclic) bond motifs is 1. The molecule has 0 aliphatic heterocycles. The van der Waals surface area contributed by atoms with Gasteiger partial charge in [-0.2, -0.15) is 5.10 Å². The van der Waals surface area contributed by atoms with Gasteiger partial charge in [-0.25, -0.2) is 9.50 Å². The number of phenolic OH excluding ortho intramolecular Hbond substituents is 1. The molecule has 0 fully saturated rings. The number of aromatic hydroxyl groups is 1. The predicted molar refractivity (Wildman–Crippen MR) is 94.4 cm³/mol. The van der Waals surface area contributed by atoms with Crippen molar-refractivity contribution in [2.24, 2.45) is 0 Å². The Morgan fingerprint density at radius 3 is 2.80 bits per heavy atom. The van der Waals surface area contributed by atoms with Crippen molar-refractivity contribution in [2.45, 2.75) is 20.3 Å². The number of methoxy groups -OCH3 is 1. The summed E-state index contributed by atoms with van der Waals surface area (Å²) in [6.07, 6.45) is 3.46. The van der Waals surface area contributed by atoms with Gasteiger partial charge in [-0.05, 0) is 36.6 Å². The van der Waals surface area contributed by atoms with Gasteiger partial charge in [0.2, 0.25) is 0 Å². The van der Waals surface area contributed by atoms with E-state index in [-0.39, 0.29) is 18.1 Å². The molecule has 0 radical (unpaired) electrons. The highest BCUT2D eigenvalue weighted by Gasteiger charge is 2.18. The number of aryl methyl sites for hydroxylation is 2. The van der Waals surface area contributed by atoms with Gasteiger partial charge >= 0.3 is 5.97 Å². The molecule has 0 saturated carbocycles. The quantitative estimate of drug-likeness (QED) is 0.735. The van der Waals surface area contributed by atoms with Gasteiger partial charge < -0.3 is 14.7 Å². The van der Waals surface area contributed by atoms with Gasteiger partial charge in [0.25, 0.3) is 0 Å². The molecule has 3 rings (SSSR count). The van der Waals surface area contributed by atoms with E-state index < -0.39 is 0 Å². The average Bonchev–Trinajstić information content (AvgIpc) is 2.92. The van der Waals surface area contributed by atoms with E-state index in [1.165, 1.54) is 13.4 Å². The first-order valence-corrected chi connectivity index (χ1v) is 7.84. The van der Waals surface area contributed by atoms with Crippen LogP contribution in [0.15, 0.2) is 30.7 Å². The lowest BCUT2D eigenvalue weighted by Gasteiger charge is -2.20. The van der Waals surface area contributed by atoms with Gasteiger partial charge in [0.15, 0.2) is 5.82 Å². The van der Waals surface area contributed by atoms with Crippen LogP contribution >= 0.6 is 0 Å². The largest absolute Gasteiger partial charge is 0.508 e. The molecule has 0 spiro atoms. The highest BCUT2D eigenvalue weighted by molar-refractivity contribution is 5.81. The number of ether oxygens (including phenoxy) is 1. The summed E-state index contributed by atoms with van der Waals surface area (Å²) in [4.78, 5) is 17.9. The molecule has 0 amide bonds. The highest BCUT2D eigenvalue weighted by atomic mass is 16.5. The Morgan fingerprint density at radius 2 is 2.12 bits per heavy atom. The number of anilines is 2. The summed E-state index contributed by atoms with van der Waals surface area (Å²) in [6, 6.07) is 5.47. The van der Waals surface area contributed by atoms with Crippen molar-refractivity contribution in [1.82, 2.24) is 14.6 Å². The predicted octanol–water partition coefficient (Wildman–Crippen LogP) is 2.54. The van der Waals surface area contributed by atoms with Gasteiger partial charge in [-0.15, -0.1) is 0 Å². The van der Waals surface area contributed by atoms with E-state index in [0.717, 1.165) is 27.9 Å². The summed E-state index contributed by atoms with van der Waals surface area (Å²) in [7, 11) is 3.25. The minimum absolute atomic E-state index is 0.181. The molecule has 2 aromatic heterocycles. The minimum atomic E-state index is -0.301. The van der Waals surface area contributed by atoms with Crippen LogP contribution in [0.1, 0.15) is 16.7 Å². The second kappa shape index (κ2) is 6.43. The molecule has 7 heteroatoms. The maximum Gasteiger partial charge on any atom is 0.310 e. The van der Waals surface area contributed by atoms with Crippen molar-refractivity contribution in [3.05, 3.63) is 47.4 Å². The number of nitrogens with zero attached hydrogens (tertiary/aromatic N) is 4. The standard InChI is InChI=1S/C18H20N4O3/c1-11-5-6-14(8-15(11)23)21(3)18-17-12(2)13(7-16(24)25-4)9-22(17)20-10-19-18/h5-6,8-10,23H,7H2,1-4H3. The van der Waals surface area contributed by atoms with Crippen LogP contribution in [0.25, 0.3) is 5.52 Å². The molecular formula is C18H20N4O3. The molecule has 1 N–H and O–H groups in total. The average molecular weight is 340 g/mol. The number of hydrogen-bond acceptors (Lipinski definition) is 6. The summed E-state index contributed by atoms with van der Waals surface area (Å²) in [5.74, 6) is 0.616. The van der Waals surface area contributed by atoms with E-state index in [2.05, 4.69) is 10.1 Å². The zero-order valence-electron chi connectivity index (χ0n) is 14.6. The van der Waals surface area contributed by atoms with Crippen LogP contribution in [0.3, 0.4) is 0 Å². The van der Waals surface area contributed by atoms with Crippen molar-refractivity contribution in [3.63, 3.8) is 0 Å². The molecule has 7 nitrogen and oxygen atoms in total. The van der Waals surface area contributed by atoms with Gasteiger partial charge in [0, 0.05) is 25.0 Å². The highest BCUT2D eigenvalue weighted by Crippen LogP contribution is 2.32. The zero-order chi connectivity index (χ0) is 18.1. The Balaban J connectivity index is 2.09. The lowest BCUT2D eigenvalue weighted by Crippen LogP contribution is -2.13. The Labute approximate surface area is 145 Å². The number of benzene rings is 1. The molecule has 0 aliphatic rings. The molecule has 1 aromatic carbocycles. The Morgan fingerprint density at radius 1 is 1.36 bits per heavy atom. The lowest BCUT2D eigenvalue weighted by atomic mass is 10.1. The van der Waals surface area contributed by atoms with Crippen molar-refractivity contribution in [1.29, 1.82) is 0 Å². The van der Waals surface area contributed by atoms with E-state index >= 15 is 0 Å². The monoisotopic (exact) mass is 340 g/mol. The second-order valence-electron chi connectivity index (χ2n) is 5.94. The first-order valence-electron chi connectivity index (χ1n) is 7.84. The third-order valence-electron chi connectivity index (χ3n) is 4.37. The molecule has 3 aromatic rings. The number of carbonyl (C=O) groups is 1. The van der Waals surface area contributed by atoms with E-state index in [9.17, 15) is 9.90 Å². The Bertz CT molecular complexity index is 949. The Kier molecular flexibility index (Phi) is 4.31. The maximum atomic E-state index is 11.6. The molecular weight excluding hydrogens is 320 g/mol. The number of rotatable bonds is 4. The van der Waals surface area contributed by atoms with Crippen molar-refractivity contribution in [3.8, 4) is 5.75 Å². The molecule has 25 heavy (non-hydrogen) atoms. The first-order chi connectivity index (χ1) is 11.9. The van der Waals surface area contributed by atoms with Crippen molar-refractivity contribution >= 4 is 23.0 Å². The second-order valence-corrected chi connectivity index (χ2v) is 5.94. The van der Waals surface area contributed by atoms with Crippen LogP contribution in [-0.4, -0.2) is 39.8 Å². The summed E-state index contributed by atoms with van der Waals surface area (Å²) >= 11 is 0. The molecule has 130 valence electrons. The van der Waals surface area contributed by atoms with Gasteiger partial charge in [-0.3, -0.25) is 4.79 Å². The van der Waals surface area contributed by atoms with Crippen molar-refractivity contribution < 1.29 is 14.6 Å². The molecule has 0 bridgehead atoms. The van der Waals surface area contributed by atoms with Crippen LogP contribution in [0.2, 0.25) is 0 Å². The van der Waals surface area contributed by atoms with Crippen LogP contribution in [0, 0.1) is 13.8 Å². The molecule has 0 saturated heterocycles. The fraction of sp³-hybridized carbons (Fsp3) is 0.278. The smallest absolute Gasteiger partial charge is 0.310 e. The SMILES string of the molecule is COC(=O)Cc1cn2ncnc(N(C)c3ccc(C)c(O)c3)c2c1C. The van der Waals surface area contributed by atoms with Crippen LogP contribution in [0.4, 0.5) is 11.5 Å². The molecule has 0 atom stereocenters. The third-order valence-corrected chi connectivity index (χ3v) is 4.37. The summed E-state index contributed by atoms with van der Waals surface area (Å²) in [6.45, 7) is 3.78. The van der Waals surface area contributed by atoms with Crippen molar-refractivity contribution in [2.75, 3.05) is 19.1 Å². The summed E-state index contributed by atoms with van der Waals surface area (Å²) < 4.78 is 6.46. The maximum absolute atomic E-state index is 11.6. The summed E-state index contributed by atoms with van der Waals surface area (Å²) in [5, 5.41) is 14.2. The number of esters is 1. The number of hydrogen-bond donors (Lipinski definition) is 1. The molecule has 2 heterocycles. The fourth-order valence-corrected chi connectivity index (χ4v) is 2.77. The van der Waals surface area contributed by atoms with Gasteiger partial charge in [-0.1, -0.05) is 6.07 Å². The fourth-order valence-electron chi connectivity index (χ4n) is 2.77. The lowest BCUT2D eigenvalue weighted by molar-refractivity contribution is -0.139. The van der Waals surface area contributed by atoms with E-state index in [1.54, 1.807) is 10.6 Å². The summed E-state index contributed by atoms with van der Waals surface area (Å²) in [5.41, 5.74) is 4.19. The zero-order valence-corrected chi connectivity index (χ0v) is 14.6. The van der Waals surface area contributed by atoms with E-state index in [4.69, 9.17) is 4.74 Å². The van der Waals surface area contributed by atoms with Gasteiger partial charge in [0.1, 0.15) is 17.6 Å². The number of aromatic nitrogens is 3. The number of carbonyl (C=O) groups excluding carboxylic acids is 1. The van der Waals surface area contributed by atoms with Crippen LogP contribution in [-0.2, 0) is 16.0 Å². The minimum Gasteiger partial charge on any atom is -0.508 e. The van der Waals surface area contributed by atoms with Gasteiger partial charge in [0.05, 0.1) is 13.5 Å². The topological polar surface area (TPSA) is 80.0 Å². The molecule has 0 aliphatic carbocycles. The first kappa shape index (κ1) is 16.8. The third kappa shape index (κ3) is 3.00. The Hall–Kier alpha value is -3.09. The van der Waals surface area contributed by atoms with Crippen LogP contribution in [0.5, 0.6) is 5.75 Å². The normalized spacial score (nSPS) is 10.9.